The SMILES string of the molecule is CC(C)C[C@H](O)[C@H](O)[C@H](CC1CCCCC1)N(CC1CCCCCC1)C(=O)[C@@H](CC(=O)NCC(=O)N(C)C)Cc1cccnc1. The van der Waals surface area contributed by atoms with Crippen LogP contribution in [0.5, 0.6) is 0 Å². The lowest BCUT2D eigenvalue weighted by atomic mass is 9.81. The third-order valence-corrected chi connectivity index (χ3v) is 9.84. The van der Waals surface area contributed by atoms with Gasteiger partial charge in [-0.2, -0.15) is 0 Å². The minimum absolute atomic E-state index is 0.0730. The number of aromatic nitrogens is 1. The third-order valence-electron chi connectivity index (χ3n) is 9.84. The summed E-state index contributed by atoms with van der Waals surface area (Å²) < 4.78 is 0. The van der Waals surface area contributed by atoms with Gasteiger partial charge in [-0.25, -0.2) is 0 Å². The highest BCUT2D eigenvalue weighted by Gasteiger charge is 2.39. The predicted octanol–water partition coefficient (Wildman–Crippen LogP) is 4.74. The van der Waals surface area contributed by atoms with Gasteiger partial charge in [0.2, 0.25) is 17.7 Å². The zero-order valence-electron chi connectivity index (χ0n) is 28.3. The molecule has 3 rings (SSSR count). The van der Waals surface area contributed by atoms with E-state index in [9.17, 15) is 24.6 Å². The molecule has 1 aromatic heterocycles. The molecule has 0 aliphatic heterocycles. The van der Waals surface area contributed by atoms with Gasteiger partial charge in [-0.15, -0.1) is 0 Å². The summed E-state index contributed by atoms with van der Waals surface area (Å²) in [4.78, 5) is 47.8. The maximum atomic E-state index is 14.9. The van der Waals surface area contributed by atoms with E-state index in [1.54, 1.807) is 26.5 Å². The summed E-state index contributed by atoms with van der Waals surface area (Å²) in [5, 5.41) is 25.8. The lowest BCUT2D eigenvalue weighted by Crippen LogP contribution is -2.55. The van der Waals surface area contributed by atoms with Gasteiger partial charge in [-0.05, 0) is 61.5 Å². The zero-order chi connectivity index (χ0) is 32.8. The highest BCUT2D eigenvalue weighted by atomic mass is 16.3. The number of likely N-dealkylation sites (N-methyl/N-ethyl adjacent to an activating group) is 1. The highest BCUT2D eigenvalue weighted by Crippen LogP contribution is 2.34. The van der Waals surface area contributed by atoms with E-state index in [4.69, 9.17) is 0 Å². The van der Waals surface area contributed by atoms with E-state index < -0.39 is 24.2 Å². The number of aliphatic hydroxyl groups excluding tert-OH is 2. The molecule has 3 amide bonds. The molecule has 0 unspecified atom stereocenters. The van der Waals surface area contributed by atoms with Crippen LogP contribution in [-0.2, 0) is 20.8 Å². The number of hydrogen-bond donors (Lipinski definition) is 3. The summed E-state index contributed by atoms with van der Waals surface area (Å²) in [6, 6.07) is 3.21. The van der Waals surface area contributed by atoms with E-state index in [2.05, 4.69) is 10.3 Å². The van der Waals surface area contributed by atoms with E-state index in [1.807, 2.05) is 30.9 Å². The predicted molar refractivity (Wildman–Crippen MR) is 177 cm³/mol. The molecule has 0 aromatic carbocycles. The molecule has 4 atom stereocenters. The largest absolute Gasteiger partial charge is 0.390 e. The van der Waals surface area contributed by atoms with E-state index in [0.717, 1.165) is 56.9 Å². The van der Waals surface area contributed by atoms with Crippen molar-refractivity contribution in [3.05, 3.63) is 30.1 Å². The van der Waals surface area contributed by atoms with Gasteiger partial charge >= 0.3 is 0 Å². The molecule has 2 aliphatic carbocycles. The monoisotopic (exact) mass is 628 g/mol. The molecule has 2 saturated carbocycles. The number of pyridine rings is 1. The highest BCUT2D eigenvalue weighted by molar-refractivity contribution is 5.88. The van der Waals surface area contributed by atoms with Crippen LogP contribution in [-0.4, -0.2) is 88.2 Å². The molecule has 2 fully saturated rings. The Hall–Kier alpha value is -2.52. The molecule has 0 saturated heterocycles. The summed E-state index contributed by atoms with van der Waals surface area (Å²) in [7, 11) is 3.28. The van der Waals surface area contributed by atoms with Crippen LogP contribution < -0.4 is 5.32 Å². The number of carbonyl (C=O) groups is 3. The van der Waals surface area contributed by atoms with Gasteiger partial charge in [0.05, 0.1) is 24.6 Å². The van der Waals surface area contributed by atoms with Crippen LogP contribution in [0.15, 0.2) is 24.5 Å². The van der Waals surface area contributed by atoms with Crippen LogP contribution in [0, 0.1) is 23.7 Å². The molecule has 0 bridgehead atoms. The molecule has 2 aliphatic rings. The number of nitrogens with zero attached hydrogens (tertiary/aromatic N) is 3. The molecule has 1 aromatic rings. The molecule has 1 heterocycles. The molecule has 0 radical (unpaired) electrons. The van der Waals surface area contributed by atoms with E-state index in [-0.39, 0.29) is 36.6 Å². The van der Waals surface area contributed by atoms with Crippen molar-refractivity contribution in [2.24, 2.45) is 23.7 Å². The summed E-state index contributed by atoms with van der Waals surface area (Å²) in [6.45, 7) is 4.45. The first-order valence-electron chi connectivity index (χ1n) is 17.6. The first kappa shape index (κ1) is 36.9. The van der Waals surface area contributed by atoms with Crippen molar-refractivity contribution in [3.8, 4) is 0 Å². The van der Waals surface area contributed by atoms with Gasteiger partial charge in [0.15, 0.2) is 0 Å². The van der Waals surface area contributed by atoms with E-state index in [0.29, 0.717) is 37.6 Å². The van der Waals surface area contributed by atoms with Crippen LogP contribution in [0.4, 0.5) is 0 Å². The number of aliphatic hydroxyl groups is 2. The Morgan fingerprint density at radius 3 is 2.16 bits per heavy atom. The normalized spacial score (nSPS) is 19.3. The minimum atomic E-state index is -1.07. The van der Waals surface area contributed by atoms with Crippen LogP contribution in [0.1, 0.15) is 109 Å². The smallest absolute Gasteiger partial charge is 0.241 e. The molecular formula is C36H60N4O5. The number of rotatable bonds is 16. The Bertz CT molecular complexity index is 1020. The Balaban J connectivity index is 1.97. The van der Waals surface area contributed by atoms with E-state index in [1.165, 1.54) is 24.2 Å². The Morgan fingerprint density at radius 2 is 1.58 bits per heavy atom. The van der Waals surface area contributed by atoms with Crippen molar-refractivity contribution >= 4 is 17.7 Å². The lowest BCUT2D eigenvalue weighted by molar-refractivity contribution is -0.147. The topological polar surface area (TPSA) is 123 Å². The Kier molecular flexibility index (Phi) is 15.8. The van der Waals surface area contributed by atoms with Crippen molar-refractivity contribution in [2.75, 3.05) is 27.2 Å². The van der Waals surface area contributed by atoms with Crippen LogP contribution in [0.25, 0.3) is 0 Å². The van der Waals surface area contributed by atoms with Crippen LogP contribution >= 0.6 is 0 Å². The van der Waals surface area contributed by atoms with Crippen molar-refractivity contribution in [1.29, 1.82) is 0 Å². The Labute approximate surface area is 271 Å². The fraction of sp³-hybridized carbons (Fsp3) is 0.778. The van der Waals surface area contributed by atoms with E-state index >= 15 is 0 Å². The van der Waals surface area contributed by atoms with Gasteiger partial charge in [0.25, 0.3) is 0 Å². The quantitative estimate of drug-likeness (QED) is 0.227. The first-order chi connectivity index (χ1) is 21.5. The molecular weight excluding hydrogens is 568 g/mol. The van der Waals surface area contributed by atoms with Crippen molar-refractivity contribution < 1.29 is 24.6 Å². The second kappa shape index (κ2) is 19.2. The van der Waals surface area contributed by atoms with Gasteiger partial charge in [0, 0.05) is 39.5 Å². The summed E-state index contributed by atoms with van der Waals surface area (Å²) in [6.07, 6.45) is 15.1. The molecule has 45 heavy (non-hydrogen) atoms. The molecule has 9 nitrogen and oxygen atoms in total. The summed E-state index contributed by atoms with van der Waals surface area (Å²) in [5.74, 6) is -0.541. The Morgan fingerprint density at radius 1 is 0.956 bits per heavy atom. The van der Waals surface area contributed by atoms with Gasteiger partial charge in [-0.1, -0.05) is 77.7 Å². The molecule has 3 N–H and O–H groups in total. The average Bonchev–Trinajstić information content (AvgIpc) is 3.30. The summed E-state index contributed by atoms with van der Waals surface area (Å²) in [5.41, 5.74) is 0.853. The molecule has 9 heteroatoms. The van der Waals surface area contributed by atoms with Crippen LogP contribution in [0.2, 0.25) is 0 Å². The average molecular weight is 629 g/mol. The maximum absolute atomic E-state index is 14.9. The van der Waals surface area contributed by atoms with Crippen molar-refractivity contribution in [2.45, 2.75) is 128 Å². The van der Waals surface area contributed by atoms with Gasteiger partial charge < -0.3 is 25.3 Å². The maximum Gasteiger partial charge on any atom is 0.241 e. The molecule has 254 valence electrons. The number of carbonyl (C=O) groups excluding carboxylic acids is 3. The van der Waals surface area contributed by atoms with Crippen molar-refractivity contribution in [1.82, 2.24) is 20.1 Å². The third kappa shape index (κ3) is 12.7. The fourth-order valence-corrected chi connectivity index (χ4v) is 7.22. The summed E-state index contributed by atoms with van der Waals surface area (Å²) >= 11 is 0. The second-order valence-electron chi connectivity index (χ2n) is 14.4. The lowest BCUT2D eigenvalue weighted by Gasteiger charge is -2.42. The zero-order valence-corrected chi connectivity index (χ0v) is 28.3. The number of amides is 3. The standard InChI is InChI=1S/C36H60N4O5/c1-26(2)19-32(41)35(44)31(21-27-13-10-7-11-14-27)40(25-28-15-8-5-6-9-16-28)36(45)30(20-29-17-12-18-37-23-29)22-33(42)38-24-34(43)39(3)4/h12,17-18,23,26-28,30-32,35,41,44H,5-11,13-16,19-22,24-25H2,1-4H3,(H,38,42)/t30-,31+,32+,35-/m1/s1. The first-order valence-corrected chi connectivity index (χ1v) is 17.6. The van der Waals surface area contributed by atoms with Gasteiger partial charge in [0.1, 0.15) is 6.10 Å². The number of hydrogen-bond acceptors (Lipinski definition) is 6. The number of nitrogens with one attached hydrogen (secondary N) is 1. The minimum Gasteiger partial charge on any atom is -0.390 e. The fourth-order valence-electron chi connectivity index (χ4n) is 7.22. The van der Waals surface area contributed by atoms with Crippen molar-refractivity contribution in [3.63, 3.8) is 0 Å². The second-order valence-corrected chi connectivity index (χ2v) is 14.4. The molecule has 0 spiro atoms. The van der Waals surface area contributed by atoms with Crippen LogP contribution in [0.3, 0.4) is 0 Å². The van der Waals surface area contributed by atoms with Gasteiger partial charge in [-0.3, -0.25) is 19.4 Å².